The van der Waals surface area contributed by atoms with Gasteiger partial charge in [0.15, 0.2) is 0 Å². The third kappa shape index (κ3) is 3.85. The van der Waals surface area contributed by atoms with Crippen LogP contribution in [0.5, 0.6) is 0 Å². The molecule has 1 aliphatic rings. The Kier molecular flexibility index (Phi) is 5.21. The minimum absolute atomic E-state index is 0.0527. The highest BCUT2D eigenvalue weighted by Crippen LogP contribution is 2.11. The zero-order valence-electron chi connectivity index (χ0n) is 10.9. The van der Waals surface area contributed by atoms with E-state index in [1.54, 1.807) is 0 Å². The molecule has 2 rings (SSSR count). The van der Waals surface area contributed by atoms with Crippen LogP contribution in [0.25, 0.3) is 0 Å². The molecular weight excluding hydrogens is 268 g/mol. The Morgan fingerprint density at radius 2 is 2.50 bits per heavy atom. The summed E-state index contributed by atoms with van der Waals surface area (Å²) in [5.41, 5.74) is 5.49. The van der Waals surface area contributed by atoms with Crippen molar-refractivity contribution < 1.29 is 19.4 Å². The summed E-state index contributed by atoms with van der Waals surface area (Å²) in [4.78, 5) is 11.9. The third-order valence-corrected chi connectivity index (χ3v) is 2.93. The van der Waals surface area contributed by atoms with Crippen molar-refractivity contribution in [3.63, 3.8) is 0 Å². The zero-order chi connectivity index (χ0) is 14.4. The van der Waals surface area contributed by atoms with Gasteiger partial charge in [-0.3, -0.25) is 4.79 Å². The second-order valence-corrected chi connectivity index (χ2v) is 4.37. The summed E-state index contributed by atoms with van der Waals surface area (Å²) in [6, 6.07) is -0.166. The van der Waals surface area contributed by atoms with E-state index in [0.717, 1.165) is 0 Å². The van der Waals surface area contributed by atoms with Crippen LogP contribution in [0, 0.1) is 0 Å². The zero-order valence-corrected chi connectivity index (χ0v) is 10.9. The number of aromatic nitrogens is 4. The summed E-state index contributed by atoms with van der Waals surface area (Å²) >= 11 is 0. The number of amides is 1. The number of hydrogen-bond acceptors (Lipinski definition) is 8. The Balaban J connectivity index is 1.86. The van der Waals surface area contributed by atoms with E-state index >= 15 is 0 Å². The first-order valence-electron chi connectivity index (χ1n) is 6.32. The first-order chi connectivity index (χ1) is 9.70. The molecule has 0 aliphatic carbocycles. The molecule has 1 fully saturated rings. The van der Waals surface area contributed by atoms with Crippen LogP contribution >= 0.6 is 0 Å². The lowest BCUT2D eigenvalue weighted by molar-refractivity contribution is -0.127. The number of hydrogen-bond donors (Lipinski definition) is 3. The molecule has 0 bridgehead atoms. The number of carbonyl (C=O) groups is 1. The molecule has 2 heterocycles. The van der Waals surface area contributed by atoms with Crippen LogP contribution in [0.3, 0.4) is 0 Å². The maximum Gasteiger partial charge on any atom is 0.242 e. The molecule has 1 aromatic heterocycles. The van der Waals surface area contributed by atoms with Crippen molar-refractivity contribution >= 4 is 11.9 Å². The van der Waals surface area contributed by atoms with Crippen molar-refractivity contribution in [2.75, 3.05) is 32.2 Å². The van der Waals surface area contributed by atoms with Crippen molar-refractivity contribution in [2.24, 2.45) is 0 Å². The molecule has 0 spiro atoms. The van der Waals surface area contributed by atoms with Gasteiger partial charge in [-0.15, -0.1) is 0 Å². The Labute approximate surface area is 115 Å². The normalized spacial score (nSPS) is 22.6. The van der Waals surface area contributed by atoms with E-state index in [4.69, 9.17) is 20.3 Å². The maximum atomic E-state index is 11.9. The number of anilines is 1. The van der Waals surface area contributed by atoms with E-state index in [9.17, 15) is 4.79 Å². The molecule has 10 heteroatoms. The molecule has 0 aromatic carbocycles. The number of nitrogens with two attached hydrogens (primary N) is 1. The number of nitrogens with zero attached hydrogens (tertiary/aromatic N) is 4. The van der Waals surface area contributed by atoms with Crippen molar-refractivity contribution in [3.05, 3.63) is 0 Å². The predicted molar refractivity (Wildman–Crippen MR) is 66.4 cm³/mol. The summed E-state index contributed by atoms with van der Waals surface area (Å²) < 4.78 is 12.0. The topological polar surface area (TPSA) is 137 Å². The van der Waals surface area contributed by atoms with E-state index in [1.807, 2.05) is 0 Å². The molecule has 20 heavy (non-hydrogen) atoms. The number of rotatable bonds is 6. The van der Waals surface area contributed by atoms with Crippen LogP contribution in [0.2, 0.25) is 0 Å². The SMILES string of the molecule is Nc1nnnn1CC(=O)N[C@@H]1CCOC[C@H]1OCCO. The number of aliphatic hydroxyl groups is 1. The van der Waals surface area contributed by atoms with Gasteiger partial charge < -0.3 is 25.6 Å². The number of aliphatic hydroxyl groups excluding tert-OH is 1. The Morgan fingerprint density at radius 1 is 1.65 bits per heavy atom. The van der Waals surface area contributed by atoms with E-state index in [2.05, 4.69) is 20.8 Å². The van der Waals surface area contributed by atoms with Crippen LogP contribution in [-0.2, 0) is 20.8 Å². The molecule has 1 amide bonds. The monoisotopic (exact) mass is 286 g/mol. The fourth-order valence-electron chi connectivity index (χ4n) is 1.96. The van der Waals surface area contributed by atoms with Gasteiger partial charge in [0.25, 0.3) is 0 Å². The molecule has 1 saturated heterocycles. The van der Waals surface area contributed by atoms with Gasteiger partial charge in [0.2, 0.25) is 11.9 Å². The number of nitrogens with one attached hydrogen (secondary N) is 1. The van der Waals surface area contributed by atoms with Gasteiger partial charge in [-0.05, 0) is 16.8 Å². The average molecular weight is 286 g/mol. The van der Waals surface area contributed by atoms with Gasteiger partial charge in [-0.2, -0.15) is 0 Å². The van der Waals surface area contributed by atoms with Gasteiger partial charge >= 0.3 is 0 Å². The maximum absolute atomic E-state index is 11.9. The lowest BCUT2D eigenvalue weighted by Crippen LogP contribution is -2.51. The predicted octanol–water partition coefficient (Wildman–Crippen LogP) is -2.46. The van der Waals surface area contributed by atoms with E-state index < -0.39 is 0 Å². The first kappa shape index (κ1) is 14.6. The fourth-order valence-corrected chi connectivity index (χ4v) is 1.96. The molecule has 1 aliphatic heterocycles. The Hall–Kier alpha value is -1.78. The molecule has 0 unspecified atom stereocenters. The largest absolute Gasteiger partial charge is 0.394 e. The number of carbonyl (C=O) groups excluding carboxylic acids is 1. The lowest BCUT2D eigenvalue weighted by Gasteiger charge is -2.31. The van der Waals surface area contributed by atoms with Gasteiger partial charge in [-0.1, -0.05) is 5.10 Å². The number of tetrazole rings is 1. The molecule has 1 aromatic rings. The summed E-state index contributed by atoms with van der Waals surface area (Å²) in [6.45, 7) is 1.02. The minimum Gasteiger partial charge on any atom is -0.394 e. The van der Waals surface area contributed by atoms with Crippen LogP contribution in [0.4, 0.5) is 5.95 Å². The minimum atomic E-state index is -0.272. The second kappa shape index (κ2) is 7.12. The van der Waals surface area contributed by atoms with Crippen molar-refractivity contribution in [3.8, 4) is 0 Å². The summed E-state index contributed by atoms with van der Waals surface area (Å²) in [7, 11) is 0. The highest BCUT2D eigenvalue weighted by Gasteiger charge is 2.28. The summed E-state index contributed by atoms with van der Waals surface area (Å²) in [6.07, 6.45) is 0.374. The molecule has 0 saturated carbocycles. The van der Waals surface area contributed by atoms with E-state index in [0.29, 0.717) is 19.6 Å². The quantitative estimate of drug-likeness (QED) is 0.523. The number of nitrogen functional groups attached to an aromatic ring is 1. The highest BCUT2D eigenvalue weighted by molar-refractivity contribution is 5.76. The molecule has 2 atom stereocenters. The molecule has 0 radical (unpaired) electrons. The summed E-state index contributed by atoms with van der Waals surface area (Å²) in [5, 5.41) is 22.1. The Morgan fingerprint density at radius 3 is 3.20 bits per heavy atom. The standard InChI is InChI=1S/C10H18N6O4/c11-10-13-14-15-16(10)5-9(18)12-7-1-3-19-6-8(7)20-4-2-17/h7-8,17H,1-6H2,(H,12,18)(H2,11,13,15)/t7-,8-/m1/s1. The lowest BCUT2D eigenvalue weighted by atomic mass is 10.1. The van der Waals surface area contributed by atoms with Crippen LogP contribution in [-0.4, -0.2) is 69.8 Å². The summed E-state index contributed by atoms with van der Waals surface area (Å²) in [5.74, 6) is -0.172. The molecule has 4 N–H and O–H groups in total. The van der Waals surface area contributed by atoms with E-state index in [1.165, 1.54) is 4.68 Å². The fraction of sp³-hybridized carbons (Fsp3) is 0.800. The molecule has 112 valence electrons. The van der Waals surface area contributed by atoms with Gasteiger partial charge in [0, 0.05) is 6.61 Å². The van der Waals surface area contributed by atoms with Gasteiger partial charge in [-0.25, -0.2) is 4.68 Å². The van der Waals surface area contributed by atoms with Crippen molar-refractivity contribution in [1.82, 2.24) is 25.5 Å². The van der Waals surface area contributed by atoms with Gasteiger partial charge in [0.05, 0.1) is 25.9 Å². The first-order valence-corrected chi connectivity index (χ1v) is 6.32. The highest BCUT2D eigenvalue weighted by atomic mass is 16.5. The van der Waals surface area contributed by atoms with Crippen molar-refractivity contribution in [2.45, 2.75) is 25.1 Å². The number of ether oxygens (including phenoxy) is 2. The van der Waals surface area contributed by atoms with Gasteiger partial charge in [0.1, 0.15) is 12.6 Å². The molecular formula is C10H18N6O4. The second-order valence-electron chi connectivity index (χ2n) is 4.37. The van der Waals surface area contributed by atoms with E-state index in [-0.39, 0.29) is 43.8 Å². The smallest absolute Gasteiger partial charge is 0.242 e. The third-order valence-electron chi connectivity index (χ3n) is 2.93. The van der Waals surface area contributed by atoms with Crippen LogP contribution in [0.1, 0.15) is 6.42 Å². The Bertz CT molecular complexity index is 439. The average Bonchev–Trinajstić information content (AvgIpc) is 2.83. The van der Waals surface area contributed by atoms with Crippen LogP contribution < -0.4 is 11.1 Å². The molecule has 10 nitrogen and oxygen atoms in total. The van der Waals surface area contributed by atoms with Crippen LogP contribution in [0.15, 0.2) is 0 Å². The van der Waals surface area contributed by atoms with Crippen molar-refractivity contribution in [1.29, 1.82) is 0 Å².